The molecule has 0 aliphatic heterocycles. The van der Waals surface area contributed by atoms with E-state index >= 15 is 0 Å². The zero-order chi connectivity index (χ0) is 12.3. The maximum atomic E-state index is 10.8. The van der Waals surface area contributed by atoms with Gasteiger partial charge in [-0.05, 0) is 42.7 Å². The number of hydrogen-bond donors (Lipinski definition) is 2. The minimum absolute atomic E-state index is 0.134. The summed E-state index contributed by atoms with van der Waals surface area (Å²) in [6, 6.07) is 10.3. The minimum atomic E-state index is -0.728. The number of carboxylic acid groups (broad SMARTS) is 1. The lowest BCUT2D eigenvalue weighted by Crippen LogP contribution is -2.45. The maximum absolute atomic E-state index is 10.8. The highest BCUT2D eigenvalue weighted by molar-refractivity contribution is 5.68. The van der Waals surface area contributed by atoms with Crippen molar-refractivity contribution < 1.29 is 9.90 Å². The van der Waals surface area contributed by atoms with E-state index in [1.54, 1.807) is 0 Å². The van der Waals surface area contributed by atoms with Crippen molar-refractivity contribution in [1.82, 2.24) is 0 Å². The molecule has 1 aliphatic rings. The van der Waals surface area contributed by atoms with Gasteiger partial charge in [0.2, 0.25) is 0 Å². The molecule has 0 radical (unpaired) electrons. The van der Waals surface area contributed by atoms with E-state index < -0.39 is 5.97 Å². The Morgan fingerprint density at radius 1 is 1.35 bits per heavy atom. The summed E-state index contributed by atoms with van der Waals surface area (Å²) in [6.07, 6.45) is 3.16. The van der Waals surface area contributed by atoms with Crippen LogP contribution in [0.5, 0.6) is 0 Å². The summed E-state index contributed by atoms with van der Waals surface area (Å²) in [5.74, 6) is -0.131. The smallest absolute Gasteiger partial charge is 0.303 e. The fourth-order valence-electron chi connectivity index (χ4n) is 2.96. The van der Waals surface area contributed by atoms with Gasteiger partial charge in [-0.3, -0.25) is 4.79 Å². The third-order valence-electron chi connectivity index (χ3n) is 3.77. The molecule has 3 nitrogen and oxygen atoms in total. The lowest BCUT2D eigenvalue weighted by Gasteiger charge is -2.46. The lowest BCUT2D eigenvalue weighted by molar-refractivity contribution is -0.142. The van der Waals surface area contributed by atoms with Gasteiger partial charge in [-0.2, -0.15) is 0 Å². The first-order valence-electron chi connectivity index (χ1n) is 6.09. The van der Waals surface area contributed by atoms with Crippen LogP contribution in [0.3, 0.4) is 0 Å². The molecule has 0 bridgehead atoms. The van der Waals surface area contributed by atoms with E-state index in [1.807, 2.05) is 18.2 Å². The average Bonchev–Trinajstić information content (AvgIpc) is 2.26. The van der Waals surface area contributed by atoms with Crippen LogP contribution in [0.25, 0.3) is 0 Å². The van der Waals surface area contributed by atoms with Gasteiger partial charge in [-0.15, -0.1) is 0 Å². The number of carboxylic acids is 1. The average molecular weight is 233 g/mol. The first kappa shape index (κ1) is 12.1. The standard InChI is InChI=1S/C14H19NO2/c15-10-14(9-13(16)17)7-12(8-14)6-11-4-2-1-3-5-11/h1-5,12H,6-10,15H2,(H,16,17)/t12-,14-. The van der Waals surface area contributed by atoms with Crippen molar-refractivity contribution in [3.05, 3.63) is 35.9 Å². The van der Waals surface area contributed by atoms with Gasteiger partial charge in [-0.25, -0.2) is 0 Å². The van der Waals surface area contributed by atoms with Crippen LogP contribution in [0.1, 0.15) is 24.8 Å². The van der Waals surface area contributed by atoms with Crippen LogP contribution >= 0.6 is 0 Å². The molecule has 1 aromatic carbocycles. The highest BCUT2D eigenvalue weighted by atomic mass is 16.4. The summed E-state index contributed by atoms with van der Waals surface area (Å²) in [6.45, 7) is 0.491. The monoisotopic (exact) mass is 233 g/mol. The maximum Gasteiger partial charge on any atom is 0.303 e. The molecule has 3 N–H and O–H groups in total. The highest BCUT2D eigenvalue weighted by Crippen LogP contribution is 2.48. The number of carbonyl (C=O) groups is 1. The summed E-state index contributed by atoms with van der Waals surface area (Å²) in [5.41, 5.74) is 6.91. The van der Waals surface area contributed by atoms with Crippen molar-refractivity contribution in [2.45, 2.75) is 25.7 Å². The van der Waals surface area contributed by atoms with Crippen LogP contribution in [-0.4, -0.2) is 17.6 Å². The van der Waals surface area contributed by atoms with Crippen LogP contribution in [0, 0.1) is 11.3 Å². The molecule has 1 aliphatic carbocycles. The molecule has 92 valence electrons. The summed E-state index contributed by atoms with van der Waals surface area (Å²) < 4.78 is 0. The molecule has 0 spiro atoms. The van der Waals surface area contributed by atoms with Crippen LogP contribution in [0.4, 0.5) is 0 Å². The molecule has 0 atom stereocenters. The lowest BCUT2D eigenvalue weighted by atomic mass is 9.59. The Hall–Kier alpha value is -1.35. The second-order valence-electron chi connectivity index (χ2n) is 5.24. The van der Waals surface area contributed by atoms with Crippen molar-refractivity contribution in [3.8, 4) is 0 Å². The topological polar surface area (TPSA) is 63.3 Å². The van der Waals surface area contributed by atoms with E-state index in [-0.39, 0.29) is 11.8 Å². The van der Waals surface area contributed by atoms with E-state index in [0.717, 1.165) is 19.3 Å². The van der Waals surface area contributed by atoms with Crippen molar-refractivity contribution >= 4 is 5.97 Å². The van der Waals surface area contributed by atoms with Gasteiger partial charge in [0, 0.05) is 0 Å². The zero-order valence-corrected chi connectivity index (χ0v) is 9.93. The van der Waals surface area contributed by atoms with Gasteiger partial charge < -0.3 is 10.8 Å². The van der Waals surface area contributed by atoms with Gasteiger partial charge >= 0.3 is 5.97 Å². The van der Waals surface area contributed by atoms with E-state index in [9.17, 15) is 4.79 Å². The third kappa shape index (κ3) is 2.86. The third-order valence-corrected chi connectivity index (χ3v) is 3.77. The van der Waals surface area contributed by atoms with E-state index in [1.165, 1.54) is 5.56 Å². The second kappa shape index (κ2) is 4.88. The SMILES string of the molecule is NC[C@]1(CC(=O)O)C[C@@H](Cc2ccccc2)C1. The molecule has 1 saturated carbocycles. The summed E-state index contributed by atoms with van der Waals surface area (Å²) in [7, 11) is 0. The summed E-state index contributed by atoms with van der Waals surface area (Å²) in [4.78, 5) is 10.8. The van der Waals surface area contributed by atoms with Crippen LogP contribution in [0.15, 0.2) is 30.3 Å². The Kier molecular flexibility index (Phi) is 3.48. The highest BCUT2D eigenvalue weighted by Gasteiger charge is 2.44. The zero-order valence-electron chi connectivity index (χ0n) is 9.93. The van der Waals surface area contributed by atoms with E-state index in [4.69, 9.17) is 10.8 Å². The molecule has 3 heteroatoms. The van der Waals surface area contributed by atoms with Crippen LogP contribution in [0.2, 0.25) is 0 Å². The largest absolute Gasteiger partial charge is 0.481 e. The fraction of sp³-hybridized carbons (Fsp3) is 0.500. The molecule has 0 aromatic heterocycles. The van der Waals surface area contributed by atoms with E-state index in [0.29, 0.717) is 12.5 Å². The molecule has 1 aromatic rings. The Bertz CT molecular complexity index is 382. The van der Waals surface area contributed by atoms with Crippen molar-refractivity contribution in [3.63, 3.8) is 0 Å². The van der Waals surface area contributed by atoms with Gasteiger partial charge in [-0.1, -0.05) is 30.3 Å². The quantitative estimate of drug-likeness (QED) is 0.818. The summed E-state index contributed by atoms with van der Waals surface area (Å²) >= 11 is 0. The summed E-state index contributed by atoms with van der Waals surface area (Å²) in [5, 5.41) is 8.87. The molecule has 17 heavy (non-hydrogen) atoms. The Morgan fingerprint density at radius 2 is 2.00 bits per heavy atom. The van der Waals surface area contributed by atoms with Crippen LogP contribution < -0.4 is 5.73 Å². The Labute approximate surface area is 102 Å². The fourth-order valence-corrected chi connectivity index (χ4v) is 2.96. The van der Waals surface area contributed by atoms with Crippen molar-refractivity contribution in [2.75, 3.05) is 6.54 Å². The van der Waals surface area contributed by atoms with Gasteiger partial charge in [0.25, 0.3) is 0 Å². The molecule has 0 amide bonds. The Balaban J connectivity index is 1.87. The second-order valence-corrected chi connectivity index (χ2v) is 5.24. The number of rotatable bonds is 5. The van der Waals surface area contributed by atoms with Gasteiger partial charge in [0.05, 0.1) is 6.42 Å². The molecule has 0 saturated heterocycles. The Morgan fingerprint density at radius 3 is 2.53 bits per heavy atom. The number of aliphatic carboxylic acids is 1. The molecule has 0 heterocycles. The normalized spacial score (nSPS) is 27.5. The first-order chi connectivity index (χ1) is 8.13. The molecule has 2 rings (SSSR count). The molecular weight excluding hydrogens is 214 g/mol. The predicted octanol–water partition coefficient (Wildman–Crippen LogP) is 2.06. The van der Waals surface area contributed by atoms with Crippen molar-refractivity contribution in [1.29, 1.82) is 0 Å². The number of benzene rings is 1. The predicted molar refractivity (Wildman–Crippen MR) is 66.6 cm³/mol. The van der Waals surface area contributed by atoms with Crippen LogP contribution in [-0.2, 0) is 11.2 Å². The molecular formula is C14H19NO2. The van der Waals surface area contributed by atoms with Gasteiger partial charge in [0.1, 0.15) is 0 Å². The number of nitrogens with two attached hydrogens (primary N) is 1. The first-order valence-corrected chi connectivity index (χ1v) is 6.09. The van der Waals surface area contributed by atoms with E-state index in [2.05, 4.69) is 12.1 Å². The van der Waals surface area contributed by atoms with Gasteiger partial charge in [0.15, 0.2) is 0 Å². The molecule has 0 unspecified atom stereocenters. The minimum Gasteiger partial charge on any atom is -0.481 e. The molecule has 1 fully saturated rings. The number of hydrogen-bond acceptors (Lipinski definition) is 2. The van der Waals surface area contributed by atoms with Crippen molar-refractivity contribution in [2.24, 2.45) is 17.1 Å².